The predicted molar refractivity (Wildman–Crippen MR) is 72.8 cm³/mol. The number of rotatable bonds is 4. The van der Waals surface area contributed by atoms with E-state index < -0.39 is 23.2 Å². The Bertz CT molecular complexity index is 522. The fourth-order valence-corrected chi connectivity index (χ4v) is 2.68. The summed E-state index contributed by atoms with van der Waals surface area (Å²) in [7, 11) is 0. The van der Waals surface area contributed by atoms with Crippen LogP contribution in [0.1, 0.15) is 26.3 Å². The van der Waals surface area contributed by atoms with E-state index in [1.807, 2.05) is 45.0 Å². The second kappa shape index (κ2) is 4.68. The molecule has 2 unspecified atom stereocenters. The predicted octanol–water partition coefficient (Wildman–Crippen LogP) is 2.54. The Morgan fingerprint density at radius 1 is 1.32 bits per heavy atom. The molecule has 4 nitrogen and oxygen atoms in total. The first-order valence-corrected chi connectivity index (χ1v) is 6.50. The second-order valence-corrected chi connectivity index (χ2v) is 5.66. The van der Waals surface area contributed by atoms with Gasteiger partial charge in [0.1, 0.15) is 0 Å². The van der Waals surface area contributed by atoms with Gasteiger partial charge in [-0.15, -0.1) is 0 Å². The molecule has 0 bridgehead atoms. The molecule has 0 saturated heterocycles. The maximum atomic E-state index is 12.1. The minimum absolute atomic E-state index is 0.203. The van der Waals surface area contributed by atoms with Crippen LogP contribution in [0.15, 0.2) is 24.3 Å². The number of benzene rings is 1. The molecule has 1 aliphatic rings. The molecule has 19 heavy (non-hydrogen) atoms. The van der Waals surface area contributed by atoms with E-state index in [1.165, 1.54) is 0 Å². The number of aliphatic carboxylic acids is 1. The maximum absolute atomic E-state index is 12.1. The highest BCUT2D eigenvalue weighted by atomic mass is 16.4. The average molecular weight is 261 g/mol. The second-order valence-electron chi connectivity index (χ2n) is 5.66. The highest BCUT2D eigenvalue weighted by molar-refractivity contribution is 5.99. The molecule has 1 saturated carbocycles. The van der Waals surface area contributed by atoms with E-state index in [9.17, 15) is 9.59 Å². The minimum Gasteiger partial charge on any atom is -0.481 e. The molecular weight excluding hydrogens is 242 g/mol. The summed E-state index contributed by atoms with van der Waals surface area (Å²) in [6.07, 6.45) is 0.899. The average Bonchev–Trinajstić information content (AvgIpc) is 2.93. The van der Waals surface area contributed by atoms with Gasteiger partial charge in [-0.25, -0.2) is 0 Å². The molecule has 1 aromatic carbocycles. The number of carboxylic acids is 1. The van der Waals surface area contributed by atoms with Crippen LogP contribution in [0, 0.1) is 17.3 Å². The molecule has 2 N–H and O–H groups in total. The third kappa shape index (κ3) is 2.48. The van der Waals surface area contributed by atoms with Crippen molar-refractivity contribution in [1.82, 2.24) is 0 Å². The summed E-state index contributed by atoms with van der Waals surface area (Å²) in [5.74, 6) is -2.13. The van der Waals surface area contributed by atoms with Crippen molar-refractivity contribution in [3.05, 3.63) is 29.8 Å². The summed E-state index contributed by atoms with van der Waals surface area (Å²) in [6.45, 7) is 5.68. The van der Waals surface area contributed by atoms with Crippen LogP contribution in [0.5, 0.6) is 0 Å². The molecule has 1 aliphatic carbocycles. The van der Waals surface area contributed by atoms with Crippen molar-refractivity contribution in [3.63, 3.8) is 0 Å². The molecule has 2 atom stereocenters. The van der Waals surface area contributed by atoms with Crippen molar-refractivity contribution in [3.8, 4) is 0 Å². The smallest absolute Gasteiger partial charge is 0.307 e. The van der Waals surface area contributed by atoms with E-state index in [1.54, 1.807) is 0 Å². The summed E-state index contributed by atoms with van der Waals surface area (Å²) in [4.78, 5) is 23.2. The summed E-state index contributed by atoms with van der Waals surface area (Å²) in [6, 6.07) is 7.63. The summed E-state index contributed by atoms with van der Waals surface area (Å²) in [5.41, 5.74) is 1.41. The molecular formula is C15H19NO3. The number of carboxylic acid groups (broad SMARTS) is 1. The number of aryl methyl sites for hydroxylation is 1. The lowest BCUT2D eigenvalue weighted by molar-refractivity contribution is -0.140. The topological polar surface area (TPSA) is 66.4 Å². The number of hydrogen-bond donors (Lipinski definition) is 2. The van der Waals surface area contributed by atoms with Crippen LogP contribution in [-0.4, -0.2) is 17.0 Å². The van der Waals surface area contributed by atoms with Crippen LogP contribution in [0.4, 0.5) is 5.69 Å². The SMILES string of the molecule is CCc1cccc(NC(=O)C2C(C(=O)O)C2(C)C)c1. The molecule has 0 spiro atoms. The highest BCUT2D eigenvalue weighted by Gasteiger charge is 2.65. The number of carbonyl (C=O) groups is 2. The van der Waals surface area contributed by atoms with Gasteiger partial charge in [0.15, 0.2) is 0 Å². The lowest BCUT2D eigenvalue weighted by atomic mass is 10.1. The van der Waals surface area contributed by atoms with Gasteiger partial charge in [0, 0.05) is 5.69 Å². The fraction of sp³-hybridized carbons (Fsp3) is 0.467. The van der Waals surface area contributed by atoms with Crippen molar-refractivity contribution < 1.29 is 14.7 Å². The molecule has 0 aromatic heterocycles. The Labute approximate surface area is 112 Å². The first-order chi connectivity index (χ1) is 8.87. The van der Waals surface area contributed by atoms with Gasteiger partial charge in [0.2, 0.25) is 5.91 Å². The highest BCUT2D eigenvalue weighted by Crippen LogP contribution is 2.58. The Morgan fingerprint density at radius 3 is 2.53 bits per heavy atom. The van der Waals surface area contributed by atoms with Gasteiger partial charge in [-0.2, -0.15) is 0 Å². The lowest BCUT2D eigenvalue weighted by Crippen LogP contribution is -2.17. The zero-order valence-electron chi connectivity index (χ0n) is 11.4. The van der Waals surface area contributed by atoms with Crippen molar-refractivity contribution in [1.29, 1.82) is 0 Å². The van der Waals surface area contributed by atoms with E-state index in [2.05, 4.69) is 5.32 Å². The van der Waals surface area contributed by atoms with Crippen LogP contribution in [-0.2, 0) is 16.0 Å². The number of hydrogen-bond acceptors (Lipinski definition) is 2. The Morgan fingerprint density at radius 2 is 2.00 bits per heavy atom. The first-order valence-electron chi connectivity index (χ1n) is 6.50. The van der Waals surface area contributed by atoms with Gasteiger partial charge < -0.3 is 10.4 Å². The minimum atomic E-state index is -0.896. The Kier molecular flexibility index (Phi) is 3.35. The van der Waals surface area contributed by atoms with Crippen molar-refractivity contribution in [2.24, 2.45) is 17.3 Å². The number of anilines is 1. The van der Waals surface area contributed by atoms with Crippen LogP contribution < -0.4 is 5.32 Å². The van der Waals surface area contributed by atoms with Gasteiger partial charge in [0.05, 0.1) is 11.8 Å². The zero-order valence-corrected chi connectivity index (χ0v) is 11.4. The first kappa shape index (κ1) is 13.6. The Hall–Kier alpha value is -1.84. The third-order valence-corrected chi connectivity index (χ3v) is 3.98. The summed E-state index contributed by atoms with van der Waals surface area (Å²) >= 11 is 0. The van der Waals surface area contributed by atoms with E-state index >= 15 is 0 Å². The largest absolute Gasteiger partial charge is 0.481 e. The molecule has 0 aliphatic heterocycles. The van der Waals surface area contributed by atoms with E-state index in [0.717, 1.165) is 17.7 Å². The molecule has 4 heteroatoms. The van der Waals surface area contributed by atoms with Gasteiger partial charge >= 0.3 is 5.97 Å². The maximum Gasteiger partial charge on any atom is 0.307 e. The summed E-state index contributed by atoms with van der Waals surface area (Å²) < 4.78 is 0. The van der Waals surface area contributed by atoms with Crippen molar-refractivity contribution in [2.75, 3.05) is 5.32 Å². The monoisotopic (exact) mass is 261 g/mol. The van der Waals surface area contributed by atoms with Crippen molar-refractivity contribution >= 4 is 17.6 Å². The molecule has 1 fully saturated rings. The number of nitrogens with one attached hydrogen (secondary N) is 1. The molecule has 1 aromatic rings. The molecule has 1 amide bonds. The molecule has 2 rings (SSSR count). The van der Waals surface area contributed by atoms with Gasteiger partial charge in [-0.3, -0.25) is 9.59 Å². The quantitative estimate of drug-likeness (QED) is 0.875. The van der Waals surface area contributed by atoms with Crippen LogP contribution in [0.25, 0.3) is 0 Å². The van der Waals surface area contributed by atoms with Crippen LogP contribution in [0.3, 0.4) is 0 Å². The lowest BCUT2D eigenvalue weighted by Gasteiger charge is -2.07. The van der Waals surface area contributed by atoms with Crippen molar-refractivity contribution in [2.45, 2.75) is 27.2 Å². The van der Waals surface area contributed by atoms with E-state index in [0.29, 0.717) is 0 Å². The van der Waals surface area contributed by atoms with Crippen LogP contribution >= 0.6 is 0 Å². The normalized spacial score (nSPS) is 23.7. The zero-order chi connectivity index (χ0) is 14.2. The standard InChI is InChI=1S/C15H19NO3/c1-4-9-6-5-7-10(8-9)16-13(17)11-12(14(18)19)15(11,2)3/h5-8,11-12H,4H2,1-3H3,(H,16,17)(H,18,19). The van der Waals surface area contributed by atoms with Crippen LogP contribution in [0.2, 0.25) is 0 Å². The Balaban J connectivity index is 2.08. The van der Waals surface area contributed by atoms with E-state index in [4.69, 9.17) is 5.11 Å². The van der Waals surface area contributed by atoms with Gasteiger partial charge in [-0.1, -0.05) is 32.9 Å². The molecule has 0 radical (unpaired) electrons. The van der Waals surface area contributed by atoms with Gasteiger partial charge in [0.25, 0.3) is 0 Å². The van der Waals surface area contributed by atoms with E-state index in [-0.39, 0.29) is 5.91 Å². The molecule has 0 heterocycles. The fourth-order valence-electron chi connectivity index (χ4n) is 2.68. The summed E-state index contributed by atoms with van der Waals surface area (Å²) in [5, 5.41) is 11.9. The van der Waals surface area contributed by atoms with Gasteiger partial charge in [-0.05, 0) is 29.5 Å². The third-order valence-electron chi connectivity index (χ3n) is 3.98. The number of carbonyl (C=O) groups excluding carboxylic acids is 1. The number of amides is 1. The molecule has 102 valence electrons.